The van der Waals surface area contributed by atoms with E-state index in [1.807, 2.05) is 0 Å². The summed E-state index contributed by atoms with van der Waals surface area (Å²) in [4.78, 5) is 0. The van der Waals surface area contributed by atoms with Crippen LogP contribution in [0.2, 0.25) is 0 Å². The Balaban J connectivity index is 0.000000130. The van der Waals surface area contributed by atoms with Crippen molar-refractivity contribution in [2.75, 3.05) is 0 Å². The topological polar surface area (TPSA) is 25.1 Å². The molecule has 2 aliphatic heterocycles. The van der Waals surface area contributed by atoms with Gasteiger partial charge in [0.05, 0.1) is 24.4 Å². The molecule has 2 heterocycles. The average molecular weight is 413 g/mol. The van der Waals surface area contributed by atoms with Crippen molar-refractivity contribution in [3.63, 3.8) is 0 Å². The van der Waals surface area contributed by atoms with Crippen LogP contribution in [-0.2, 0) is 9.47 Å². The largest absolute Gasteiger partial charge is 0.370 e. The molecule has 8 unspecified atom stereocenters. The van der Waals surface area contributed by atoms with Crippen molar-refractivity contribution in [3.05, 3.63) is 24.3 Å². The minimum atomic E-state index is 0.668. The van der Waals surface area contributed by atoms with Crippen LogP contribution in [0.15, 0.2) is 24.3 Å². The van der Waals surface area contributed by atoms with E-state index in [-0.39, 0.29) is 0 Å². The number of epoxide rings is 2. The second kappa shape index (κ2) is 10.3. The average Bonchev–Trinajstić information content (AvgIpc) is 3.72. The highest BCUT2D eigenvalue weighted by molar-refractivity contribution is 4.94. The molecule has 0 spiro atoms. The van der Waals surface area contributed by atoms with Crippen molar-refractivity contribution in [2.24, 2.45) is 23.7 Å². The zero-order valence-electron chi connectivity index (χ0n) is 19.1. The van der Waals surface area contributed by atoms with Crippen LogP contribution in [-0.4, -0.2) is 24.4 Å². The van der Waals surface area contributed by atoms with Gasteiger partial charge in [-0.1, -0.05) is 37.1 Å². The van der Waals surface area contributed by atoms with Crippen LogP contribution in [0.3, 0.4) is 0 Å². The van der Waals surface area contributed by atoms with Gasteiger partial charge in [-0.15, -0.1) is 0 Å². The molecule has 30 heavy (non-hydrogen) atoms. The van der Waals surface area contributed by atoms with Crippen LogP contribution in [0.4, 0.5) is 0 Å². The van der Waals surface area contributed by atoms with Crippen LogP contribution in [0.25, 0.3) is 0 Å². The van der Waals surface area contributed by atoms with Crippen molar-refractivity contribution in [2.45, 2.75) is 127 Å². The summed E-state index contributed by atoms with van der Waals surface area (Å²) >= 11 is 0. The van der Waals surface area contributed by atoms with Crippen LogP contribution in [0.5, 0.6) is 0 Å². The molecule has 0 aromatic rings. The standard InChI is InChI=1S/C14H22O2.C14H22/c1(9-3-5-11-13(7-9)15-11)2-10-4-6-12-14(8-10)16-12;1-3-7-13(8-4-1)11-12-14-9-5-2-6-10-14/h9-14H,1-8H2;1-3,5,13-14H,4,6-12H2. The summed E-state index contributed by atoms with van der Waals surface area (Å²) in [6.45, 7) is 0. The van der Waals surface area contributed by atoms with Gasteiger partial charge in [0.25, 0.3) is 0 Å². The lowest BCUT2D eigenvalue weighted by atomic mass is 9.80. The molecule has 2 heteroatoms. The highest BCUT2D eigenvalue weighted by Crippen LogP contribution is 2.44. The van der Waals surface area contributed by atoms with Crippen LogP contribution in [0, 0.1) is 23.7 Å². The zero-order chi connectivity index (χ0) is 20.2. The summed E-state index contributed by atoms with van der Waals surface area (Å²) in [5.41, 5.74) is 0. The minimum absolute atomic E-state index is 0.668. The SMILES string of the molecule is C(CC1CCC2OC2C1)C1CCC2OC2C1.C1=CCC(CCC2CC=CCC2)CC1. The van der Waals surface area contributed by atoms with E-state index >= 15 is 0 Å². The van der Waals surface area contributed by atoms with Gasteiger partial charge in [-0.05, 0) is 114 Å². The predicted molar refractivity (Wildman–Crippen MR) is 123 cm³/mol. The normalized spacial score (nSPS) is 43.7. The minimum Gasteiger partial charge on any atom is -0.370 e. The summed E-state index contributed by atoms with van der Waals surface area (Å²) in [5, 5.41) is 0. The lowest BCUT2D eigenvalue weighted by Gasteiger charge is -2.23. The van der Waals surface area contributed by atoms with E-state index in [0.717, 1.165) is 23.7 Å². The van der Waals surface area contributed by atoms with Gasteiger partial charge in [0.2, 0.25) is 0 Å². The van der Waals surface area contributed by atoms with Gasteiger partial charge in [0.15, 0.2) is 0 Å². The molecule has 0 aromatic carbocycles. The third kappa shape index (κ3) is 6.22. The maximum atomic E-state index is 5.60. The van der Waals surface area contributed by atoms with Gasteiger partial charge in [-0.2, -0.15) is 0 Å². The first kappa shape index (κ1) is 21.3. The molecule has 0 bridgehead atoms. The van der Waals surface area contributed by atoms with Crippen molar-refractivity contribution in [1.82, 2.24) is 0 Å². The summed E-state index contributed by atoms with van der Waals surface area (Å²) in [6, 6.07) is 0. The number of rotatable bonds is 6. The Morgan fingerprint density at radius 3 is 1.33 bits per heavy atom. The molecule has 2 nitrogen and oxygen atoms in total. The molecule has 168 valence electrons. The molecular weight excluding hydrogens is 368 g/mol. The third-order valence-corrected chi connectivity index (χ3v) is 8.95. The van der Waals surface area contributed by atoms with Crippen LogP contribution < -0.4 is 0 Å². The fraction of sp³-hybridized carbons (Fsp3) is 0.857. The highest BCUT2D eigenvalue weighted by Gasteiger charge is 2.45. The first-order chi connectivity index (χ1) is 14.8. The molecular formula is C28H44O2. The molecule has 4 aliphatic carbocycles. The molecule has 8 atom stereocenters. The Bertz CT molecular complexity index is 543. The molecule has 0 N–H and O–H groups in total. The fourth-order valence-corrected chi connectivity index (χ4v) is 6.68. The van der Waals surface area contributed by atoms with E-state index in [2.05, 4.69) is 24.3 Å². The van der Waals surface area contributed by atoms with Gasteiger partial charge in [0.1, 0.15) is 0 Å². The van der Waals surface area contributed by atoms with Crippen molar-refractivity contribution in [1.29, 1.82) is 0 Å². The van der Waals surface area contributed by atoms with E-state index in [4.69, 9.17) is 9.47 Å². The van der Waals surface area contributed by atoms with Crippen LogP contribution >= 0.6 is 0 Å². The lowest BCUT2D eigenvalue weighted by molar-refractivity contribution is 0.292. The lowest BCUT2D eigenvalue weighted by Crippen LogP contribution is -2.17. The van der Waals surface area contributed by atoms with Gasteiger partial charge >= 0.3 is 0 Å². The molecule has 6 aliphatic rings. The number of hydrogen-bond donors (Lipinski definition) is 0. The molecule has 0 amide bonds. The monoisotopic (exact) mass is 412 g/mol. The Kier molecular flexibility index (Phi) is 7.33. The number of allylic oxidation sites excluding steroid dienone is 4. The number of ether oxygens (including phenoxy) is 2. The molecule has 6 rings (SSSR count). The molecule has 2 saturated heterocycles. The van der Waals surface area contributed by atoms with Gasteiger partial charge in [0, 0.05) is 0 Å². The smallest absolute Gasteiger partial charge is 0.0844 e. The Morgan fingerprint density at radius 1 is 0.467 bits per heavy atom. The summed E-state index contributed by atoms with van der Waals surface area (Å²) in [7, 11) is 0. The van der Waals surface area contributed by atoms with E-state index in [1.54, 1.807) is 0 Å². The third-order valence-electron chi connectivity index (χ3n) is 8.95. The Labute approximate surface area is 184 Å². The summed E-state index contributed by atoms with van der Waals surface area (Å²) in [5.74, 6) is 3.96. The fourth-order valence-electron chi connectivity index (χ4n) is 6.68. The Hall–Kier alpha value is -0.600. The van der Waals surface area contributed by atoms with Gasteiger partial charge < -0.3 is 9.47 Å². The van der Waals surface area contributed by atoms with Gasteiger partial charge in [-0.25, -0.2) is 0 Å². The zero-order valence-corrected chi connectivity index (χ0v) is 19.1. The maximum absolute atomic E-state index is 5.60. The molecule has 0 aromatic heterocycles. The summed E-state index contributed by atoms with van der Waals surface area (Å²) < 4.78 is 11.2. The number of fused-ring (bicyclic) bond motifs is 2. The number of hydrogen-bond acceptors (Lipinski definition) is 2. The van der Waals surface area contributed by atoms with E-state index in [0.29, 0.717) is 24.4 Å². The predicted octanol–water partition coefficient (Wildman–Crippen LogP) is 7.38. The second-order valence-electron chi connectivity index (χ2n) is 11.2. The maximum Gasteiger partial charge on any atom is 0.0844 e. The van der Waals surface area contributed by atoms with Crippen LogP contribution in [0.1, 0.15) is 103 Å². The van der Waals surface area contributed by atoms with Crippen molar-refractivity contribution >= 4 is 0 Å². The first-order valence-corrected chi connectivity index (χ1v) is 13.4. The first-order valence-electron chi connectivity index (χ1n) is 13.4. The molecule has 0 radical (unpaired) electrons. The summed E-state index contributed by atoms with van der Waals surface area (Å²) in [6.07, 6.45) is 34.5. The highest BCUT2D eigenvalue weighted by atomic mass is 16.6. The van der Waals surface area contributed by atoms with E-state index in [1.165, 1.54) is 103 Å². The Morgan fingerprint density at radius 2 is 0.933 bits per heavy atom. The van der Waals surface area contributed by atoms with Crippen molar-refractivity contribution < 1.29 is 9.47 Å². The second-order valence-corrected chi connectivity index (χ2v) is 11.2. The van der Waals surface area contributed by atoms with E-state index < -0.39 is 0 Å². The van der Waals surface area contributed by atoms with Gasteiger partial charge in [-0.3, -0.25) is 0 Å². The molecule has 4 fully saturated rings. The van der Waals surface area contributed by atoms with Crippen molar-refractivity contribution in [3.8, 4) is 0 Å². The molecule has 2 saturated carbocycles. The quantitative estimate of drug-likeness (QED) is 0.336. The van der Waals surface area contributed by atoms with E-state index in [9.17, 15) is 0 Å².